The Kier molecular flexibility index (Phi) is 6.43. The average molecular weight is 336 g/mol. The molecule has 1 amide bonds. The molecule has 7 heteroatoms. The van der Waals surface area contributed by atoms with Crippen molar-refractivity contribution in [3.05, 3.63) is 54.1 Å². The highest BCUT2D eigenvalue weighted by molar-refractivity contribution is 5.78. The maximum atomic E-state index is 12.8. The highest BCUT2D eigenvalue weighted by Gasteiger charge is 2.17. The maximum absolute atomic E-state index is 12.8. The van der Waals surface area contributed by atoms with E-state index in [9.17, 15) is 13.6 Å². The van der Waals surface area contributed by atoms with Gasteiger partial charge < -0.3 is 4.90 Å². The normalized spacial score (nSPS) is 11.2. The third kappa shape index (κ3) is 4.86. The summed E-state index contributed by atoms with van der Waals surface area (Å²) in [4.78, 5) is 19.8. The van der Waals surface area contributed by atoms with Gasteiger partial charge in [0, 0.05) is 25.5 Å². The van der Waals surface area contributed by atoms with Gasteiger partial charge in [-0.3, -0.25) is 14.3 Å². The van der Waals surface area contributed by atoms with Crippen LogP contribution in [0.2, 0.25) is 0 Å². The molecule has 0 atom stereocenters. The molecule has 0 aliphatic rings. The molecule has 2 rings (SSSR count). The van der Waals surface area contributed by atoms with Crippen molar-refractivity contribution in [3.63, 3.8) is 0 Å². The van der Waals surface area contributed by atoms with Crippen molar-refractivity contribution >= 4 is 5.91 Å². The third-order valence-corrected chi connectivity index (χ3v) is 3.73. The molecule has 130 valence electrons. The highest BCUT2D eigenvalue weighted by atomic mass is 19.3. The Bertz CT molecular complexity index is 645. The Morgan fingerprint density at radius 3 is 2.58 bits per heavy atom. The number of hydrogen-bond acceptors (Lipinski definition) is 3. The van der Waals surface area contributed by atoms with E-state index in [1.54, 1.807) is 16.8 Å². The summed E-state index contributed by atoms with van der Waals surface area (Å²) in [6.07, 6.45) is 2.58. The summed E-state index contributed by atoms with van der Waals surface area (Å²) < 4.78 is 26.5. The van der Waals surface area contributed by atoms with Crippen LogP contribution < -0.4 is 0 Å². The van der Waals surface area contributed by atoms with Crippen LogP contribution in [-0.2, 0) is 17.9 Å². The standard InChI is InChI=1S/C17H22F2N4O/c1-3-22(11-14-7-5-4-6-8-14)16(24)13-21(2)12-15-20-9-10-23(15)17(18)19/h4-10,17H,3,11-13H2,1-2H3. The molecule has 1 heterocycles. The minimum atomic E-state index is -2.63. The lowest BCUT2D eigenvalue weighted by atomic mass is 10.2. The number of hydrogen-bond donors (Lipinski definition) is 0. The summed E-state index contributed by atoms with van der Waals surface area (Å²) in [5.74, 6) is 0.199. The van der Waals surface area contributed by atoms with E-state index in [4.69, 9.17) is 0 Å². The Morgan fingerprint density at radius 1 is 1.25 bits per heavy atom. The fourth-order valence-corrected chi connectivity index (χ4v) is 2.45. The van der Waals surface area contributed by atoms with Crippen LogP contribution in [0.1, 0.15) is 24.9 Å². The van der Waals surface area contributed by atoms with Crippen molar-refractivity contribution in [2.45, 2.75) is 26.6 Å². The highest BCUT2D eigenvalue weighted by Crippen LogP contribution is 2.13. The van der Waals surface area contributed by atoms with Crippen molar-refractivity contribution in [1.82, 2.24) is 19.4 Å². The molecule has 0 spiro atoms. The third-order valence-electron chi connectivity index (χ3n) is 3.73. The van der Waals surface area contributed by atoms with E-state index < -0.39 is 6.55 Å². The molecule has 0 N–H and O–H groups in total. The van der Waals surface area contributed by atoms with E-state index in [1.165, 1.54) is 12.4 Å². The first-order valence-corrected chi connectivity index (χ1v) is 7.81. The van der Waals surface area contributed by atoms with E-state index in [0.29, 0.717) is 13.1 Å². The topological polar surface area (TPSA) is 41.4 Å². The minimum absolute atomic E-state index is 0.0426. The van der Waals surface area contributed by atoms with Crippen LogP contribution >= 0.6 is 0 Å². The SMILES string of the molecule is CCN(Cc1ccccc1)C(=O)CN(C)Cc1nccn1C(F)F. The van der Waals surface area contributed by atoms with Crippen molar-refractivity contribution in [2.75, 3.05) is 20.1 Å². The molecule has 0 saturated heterocycles. The predicted molar refractivity (Wildman–Crippen MR) is 87.3 cm³/mol. The van der Waals surface area contributed by atoms with Gasteiger partial charge in [-0.05, 0) is 19.5 Å². The van der Waals surface area contributed by atoms with E-state index in [0.717, 1.165) is 10.1 Å². The summed E-state index contributed by atoms with van der Waals surface area (Å²) >= 11 is 0. The molecule has 1 aromatic carbocycles. The Balaban J connectivity index is 1.93. The first-order chi connectivity index (χ1) is 11.5. The van der Waals surface area contributed by atoms with Crippen molar-refractivity contribution in [2.24, 2.45) is 0 Å². The first kappa shape index (κ1) is 18.1. The summed E-state index contributed by atoms with van der Waals surface area (Å²) in [6, 6.07) is 9.74. The molecule has 0 radical (unpaired) electrons. The molecule has 1 aromatic heterocycles. The number of likely N-dealkylation sites (N-methyl/N-ethyl adjacent to an activating group) is 2. The predicted octanol–water partition coefficient (Wildman–Crippen LogP) is 2.76. The molecular weight excluding hydrogens is 314 g/mol. The van der Waals surface area contributed by atoms with E-state index in [-0.39, 0.29) is 24.8 Å². The molecule has 24 heavy (non-hydrogen) atoms. The van der Waals surface area contributed by atoms with Gasteiger partial charge in [0.05, 0.1) is 13.1 Å². The summed E-state index contributed by atoms with van der Waals surface area (Å²) in [6.45, 7) is 0.757. The second-order valence-corrected chi connectivity index (χ2v) is 5.59. The lowest BCUT2D eigenvalue weighted by molar-refractivity contribution is -0.132. The van der Waals surface area contributed by atoms with Gasteiger partial charge in [0.2, 0.25) is 5.91 Å². The van der Waals surface area contributed by atoms with Gasteiger partial charge in [0.25, 0.3) is 0 Å². The zero-order chi connectivity index (χ0) is 17.5. The molecule has 0 aliphatic carbocycles. The van der Waals surface area contributed by atoms with Gasteiger partial charge in [-0.15, -0.1) is 0 Å². The van der Waals surface area contributed by atoms with Gasteiger partial charge in [0.15, 0.2) is 0 Å². The van der Waals surface area contributed by atoms with Crippen molar-refractivity contribution < 1.29 is 13.6 Å². The molecule has 0 saturated carbocycles. The van der Waals surface area contributed by atoms with Crippen molar-refractivity contribution in [3.8, 4) is 0 Å². The van der Waals surface area contributed by atoms with E-state index in [2.05, 4.69) is 4.98 Å². The monoisotopic (exact) mass is 336 g/mol. The van der Waals surface area contributed by atoms with Crippen LogP contribution in [0.5, 0.6) is 0 Å². The first-order valence-electron chi connectivity index (χ1n) is 7.81. The second kappa shape index (κ2) is 8.54. The number of carbonyl (C=O) groups is 1. The number of imidazole rings is 1. The number of benzene rings is 1. The molecule has 0 aliphatic heterocycles. The van der Waals surface area contributed by atoms with E-state index in [1.807, 2.05) is 37.3 Å². The number of rotatable bonds is 8. The van der Waals surface area contributed by atoms with Crippen molar-refractivity contribution in [1.29, 1.82) is 0 Å². The maximum Gasteiger partial charge on any atom is 0.319 e. The number of alkyl halides is 2. The number of halogens is 2. The quantitative estimate of drug-likeness (QED) is 0.744. The lowest BCUT2D eigenvalue weighted by Gasteiger charge is -2.24. The van der Waals surface area contributed by atoms with Gasteiger partial charge in [0.1, 0.15) is 5.82 Å². The molecular formula is C17H22F2N4O. The Hall–Kier alpha value is -2.28. The fraction of sp³-hybridized carbons (Fsp3) is 0.412. The van der Waals surface area contributed by atoms with Gasteiger partial charge in [-0.25, -0.2) is 4.98 Å². The number of aromatic nitrogens is 2. The zero-order valence-electron chi connectivity index (χ0n) is 13.9. The molecule has 2 aromatic rings. The van der Waals surface area contributed by atoms with Gasteiger partial charge >= 0.3 is 6.55 Å². The van der Waals surface area contributed by atoms with Gasteiger partial charge in [-0.2, -0.15) is 8.78 Å². The number of amides is 1. The molecule has 5 nitrogen and oxygen atoms in total. The number of nitrogens with zero attached hydrogens (tertiary/aromatic N) is 4. The molecule has 0 fully saturated rings. The zero-order valence-corrected chi connectivity index (χ0v) is 13.9. The Labute approximate surface area is 140 Å². The van der Waals surface area contributed by atoms with Crippen LogP contribution in [0, 0.1) is 0 Å². The second-order valence-electron chi connectivity index (χ2n) is 5.59. The van der Waals surface area contributed by atoms with Gasteiger partial charge in [-0.1, -0.05) is 30.3 Å². The summed E-state index contributed by atoms with van der Waals surface area (Å²) in [7, 11) is 1.72. The summed E-state index contributed by atoms with van der Waals surface area (Å²) in [5.41, 5.74) is 1.06. The van der Waals surface area contributed by atoms with Crippen LogP contribution in [0.4, 0.5) is 8.78 Å². The summed E-state index contributed by atoms with van der Waals surface area (Å²) in [5, 5.41) is 0. The van der Waals surface area contributed by atoms with Crippen LogP contribution in [0.15, 0.2) is 42.7 Å². The van der Waals surface area contributed by atoms with Crippen LogP contribution in [0.3, 0.4) is 0 Å². The van der Waals surface area contributed by atoms with Crippen LogP contribution in [-0.4, -0.2) is 45.4 Å². The van der Waals surface area contributed by atoms with E-state index >= 15 is 0 Å². The molecule has 0 unspecified atom stereocenters. The fourth-order valence-electron chi connectivity index (χ4n) is 2.45. The Morgan fingerprint density at radius 2 is 1.96 bits per heavy atom. The molecule has 0 bridgehead atoms. The largest absolute Gasteiger partial charge is 0.338 e. The van der Waals surface area contributed by atoms with Crippen LogP contribution in [0.25, 0.3) is 0 Å². The minimum Gasteiger partial charge on any atom is -0.338 e. The number of carbonyl (C=O) groups excluding carboxylic acids is 1. The smallest absolute Gasteiger partial charge is 0.319 e. The lowest BCUT2D eigenvalue weighted by Crippen LogP contribution is -2.38. The average Bonchev–Trinajstić information content (AvgIpc) is 3.01.